The lowest BCUT2D eigenvalue weighted by molar-refractivity contribution is -0.147. The summed E-state index contributed by atoms with van der Waals surface area (Å²) in [6.07, 6.45) is -2.18. The maximum Gasteiger partial charge on any atom is 0.410 e. The molecule has 0 bridgehead atoms. The van der Waals surface area contributed by atoms with Crippen molar-refractivity contribution in [2.75, 3.05) is 24.5 Å². The van der Waals surface area contributed by atoms with E-state index in [4.69, 9.17) is 4.42 Å². The maximum atomic E-state index is 12.8. The molecular formula is C10H13F3N2O. The van der Waals surface area contributed by atoms with Crippen molar-refractivity contribution in [2.24, 2.45) is 0 Å². The average molecular weight is 234 g/mol. The molecule has 0 radical (unpaired) electrons. The Hall–Kier alpha value is -1.17. The number of alkyl halides is 3. The lowest BCUT2D eigenvalue weighted by Gasteiger charge is -2.30. The predicted molar refractivity (Wildman–Crippen MR) is 53.4 cm³/mol. The van der Waals surface area contributed by atoms with E-state index in [1.165, 1.54) is 11.2 Å². The van der Waals surface area contributed by atoms with E-state index < -0.39 is 12.2 Å². The Morgan fingerprint density at radius 3 is 2.88 bits per heavy atom. The van der Waals surface area contributed by atoms with Gasteiger partial charge in [0.1, 0.15) is 6.04 Å². The molecule has 16 heavy (non-hydrogen) atoms. The van der Waals surface area contributed by atoms with Gasteiger partial charge in [-0.3, -0.25) is 0 Å². The van der Waals surface area contributed by atoms with Gasteiger partial charge in [-0.05, 0) is 19.0 Å². The van der Waals surface area contributed by atoms with Crippen molar-refractivity contribution in [3.8, 4) is 0 Å². The summed E-state index contributed by atoms with van der Waals surface area (Å²) in [6, 6.07) is 1.65. The van der Waals surface area contributed by atoms with Crippen LogP contribution in [0.25, 0.3) is 0 Å². The van der Waals surface area contributed by atoms with Crippen LogP contribution in [0.5, 0.6) is 0 Å². The summed E-state index contributed by atoms with van der Waals surface area (Å²) in [5, 5.41) is 2.79. The summed E-state index contributed by atoms with van der Waals surface area (Å²) in [7, 11) is 0. The summed E-state index contributed by atoms with van der Waals surface area (Å²) in [6.45, 7) is 0.860. The molecular weight excluding hydrogens is 221 g/mol. The van der Waals surface area contributed by atoms with Crippen LogP contribution in [-0.4, -0.2) is 31.9 Å². The molecule has 1 atom stereocenters. The van der Waals surface area contributed by atoms with Crippen LogP contribution in [0, 0.1) is 0 Å². The second-order valence-electron chi connectivity index (χ2n) is 3.76. The van der Waals surface area contributed by atoms with Crippen LogP contribution in [-0.2, 0) is 0 Å². The van der Waals surface area contributed by atoms with Gasteiger partial charge in [-0.15, -0.1) is 0 Å². The van der Waals surface area contributed by atoms with Gasteiger partial charge in [-0.2, -0.15) is 13.2 Å². The van der Waals surface area contributed by atoms with Crippen molar-refractivity contribution in [1.29, 1.82) is 0 Å². The largest absolute Gasteiger partial charge is 0.449 e. The number of rotatable bonds is 1. The second kappa shape index (κ2) is 4.37. The Labute approximate surface area is 91.2 Å². The molecule has 1 unspecified atom stereocenters. The summed E-state index contributed by atoms with van der Waals surface area (Å²) in [5.74, 6) is 0.283. The van der Waals surface area contributed by atoms with Gasteiger partial charge in [-0.1, -0.05) is 0 Å². The third-order valence-electron chi connectivity index (χ3n) is 2.63. The summed E-state index contributed by atoms with van der Waals surface area (Å²) < 4.78 is 43.6. The highest BCUT2D eigenvalue weighted by atomic mass is 19.4. The minimum absolute atomic E-state index is 0.0931. The first-order valence-electron chi connectivity index (χ1n) is 5.16. The monoisotopic (exact) mass is 234 g/mol. The van der Waals surface area contributed by atoms with Gasteiger partial charge in [0.25, 0.3) is 0 Å². The van der Waals surface area contributed by atoms with Crippen LogP contribution in [0.15, 0.2) is 22.8 Å². The van der Waals surface area contributed by atoms with E-state index in [2.05, 4.69) is 5.32 Å². The first-order chi connectivity index (χ1) is 7.59. The zero-order valence-corrected chi connectivity index (χ0v) is 8.63. The fraction of sp³-hybridized carbons (Fsp3) is 0.600. The van der Waals surface area contributed by atoms with E-state index in [0.717, 1.165) is 0 Å². The predicted octanol–water partition coefficient (Wildman–Crippen LogP) is 2.01. The third kappa shape index (κ3) is 2.32. The highest BCUT2D eigenvalue weighted by molar-refractivity contribution is 5.37. The zero-order chi connectivity index (χ0) is 11.6. The van der Waals surface area contributed by atoms with Gasteiger partial charge >= 0.3 is 6.18 Å². The van der Waals surface area contributed by atoms with Crippen LogP contribution in [0.4, 0.5) is 19.1 Å². The molecule has 0 amide bonds. The standard InChI is InChI=1S/C10H13F3N2O/c11-10(12,13)8-7-14-4-2-5-15(8)9-3-1-6-16-9/h1,3,6,8,14H,2,4-5,7H2. The van der Waals surface area contributed by atoms with Crippen molar-refractivity contribution in [3.05, 3.63) is 18.4 Å². The molecule has 0 aliphatic carbocycles. The highest BCUT2D eigenvalue weighted by Gasteiger charge is 2.44. The Morgan fingerprint density at radius 1 is 1.44 bits per heavy atom. The molecule has 2 heterocycles. The van der Waals surface area contributed by atoms with Crippen molar-refractivity contribution >= 4 is 5.88 Å². The van der Waals surface area contributed by atoms with Crippen LogP contribution in [0.1, 0.15) is 6.42 Å². The first kappa shape index (κ1) is 11.3. The lowest BCUT2D eigenvalue weighted by atomic mass is 10.2. The van der Waals surface area contributed by atoms with Gasteiger partial charge in [0.15, 0.2) is 5.88 Å². The molecule has 90 valence electrons. The number of nitrogens with zero attached hydrogens (tertiary/aromatic N) is 1. The molecule has 0 saturated carbocycles. The molecule has 1 N–H and O–H groups in total. The number of hydrogen-bond acceptors (Lipinski definition) is 3. The normalized spacial score (nSPS) is 23.2. The molecule has 1 aliphatic heterocycles. The smallest absolute Gasteiger partial charge is 0.410 e. The van der Waals surface area contributed by atoms with Crippen molar-refractivity contribution in [1.82, 2.24) is 5.32 Å². The number of furan rings is 1. The minimum Gasteiger partial charge on any atom is -0.449 e. The number of halogens is 3. The maximum absolute atomic E-state index is 12.8. The van der Waals surface area contributed by atoms with Gasteiger partial charge in [0.2, 0.25) is 0 Å². The molecule has 1 saturated heterocycles. The molecule has 3 nitrogen and oxygen atoms in total. The SMILES string of the molecule is FC(F)(F)C1CNCCCN1c1ccco1. The van der Waals surface area contributed by atoms with Crippen LogP contribution in [0.3, 0.4) is 0 Å². The highest BCUT2D eigenvalue weighted by Crippen LogP contribution is 2.29. The first-order valence-corrected chi connectivity index (χ1v) is 5.16. The van der Waals surface area contributed by atoms with Crippen LogP contribution >= 0.6 is 0 Å². The van der Waals surface area contributed by atoms with E-state index in [9.17, 15) is 13.2 Å². The molecule has 1 aromatic rings. The fourth-order valence-corrected chi connectivity index (χ4v) is 1.87. The third-order valence-corrected chi connectivity index (χ3v) is 2.63. The second-order valence-corrected chi connectivity index (χ2v) is 3.76. The molecule has 1 aliphatic rings. The quantitative estimate of drug-likeness (QED) is 0.805. The Balaban J connectivity index is 2.23. The number of nitrogens with one attached hydrogen (secondary N) is 1. The molecule has 1 aromatic heterocycles. The molecule has 0 aromatic carbocycles. The number of hydrogen-bond donors (Lipinski definition) is 1. The number of anilines is 1. The summed E-state index contributed by atoms with van der Waals surface area (Å²) in [5.41, 5.74) is 0. The van der Waals surface area contributed by atoms with E-state index in [1.807, 2.05) is 0 Å². The van der Waals surface area contributed by atoms with Crippen LogP contribution in [0.2, 0.25) is 0 Å². The Morgan fingerprint density at radius 2 is 2.25 bits per heavy atom. The molecule has 0 spiro atoms. The van der Waals surface area contributed by atoms with E-state index in [0.29, 0.717) is 19.5 Å². The van der Waals surface area contributed by atoms with Gasteiger partial charge in [-0.25, -0.2) is 0 Å². The van der Waals surface area contributed by atoms with Gasteiger partial charge in [0.05, 0.1) is 6.26 Å². The van der Waals surface area contributed by atoms with Crippen molar-refractivity contribution in [3.63, 3.8) is 0 Å². The Bertz CT molecular complexity index is 323. The topological polar surface area (TPSA) is 28.4 Å². The summed E-state index contributed by atoms with van der Waals surface area (Å²) in [4.78, 5) is 1.28. The van der Waals surface area contributed by atoms with Gasteiger partial charge < -0.3 is 14.6 Å². The van der Waals surface area contributed by atoms with E-state index >= 15 is 0 Å². The summed E-state index contributed by atoms with van der Waals surface area (Å²) >= 11 is 0. The fourth-order valence-electron chi connectivity index (χ4n) is 1.87. The van der Waals surface area contributed by atoms with E-state index in [1.54, 1.807) is 12.1 Å². The zero-order valence-electron chi connectivity index (χ0n) is 8.63. The molecule has 1 fully saturated rings. The van der Waals surface area contributed by atoms with E-state index in [-0.39, 0.29) is 12.4 Å². The lowest BCUT2D eigenvalue weighted by Crippen LogP contribution is -2.49. The minimum atomic E-state index is -4.25. The van der Waals surface area contributed by atoms with Crippen LogP contribution < -0.4 is 10.2 Å². The molecule has 2 rings (SSSR count). The van der Waals surface area contributed by atoms with Crippen molar-refractivity contribution in [2.45, 2.75) is 18.6 Å². The Kier molecular flexibility index (Phi) is 3.09. The van der Waals surface area contributed by atoms with Gasteiger partial charge in [0, 0.05) is 19.2 Å². The average Bonchev–Trinajstić information content (AvgIpc) is 2.60. The molecule has 6 heteroatoms. The van der Waals surface area contributed by atoms with Crippen molar-refractivity contribution < 1.29 is 17.6 Å².